The third-order valence-corrected chi connectivity index (χ3v) is 5.82. The first kappa shape index (κ1) is 25.6. The minimum Gasteiger partial charge on any atom is -0.445 e. The Hall–Kier alpha value is -3.97. The number of carbonyl (C=O) groups excluding carboxylic acids is 4. The molecule has 12 nitrogen and oxygen atoms in total. The van der Waals surface area contributed by atoms with E-state index in [-0.39, 0.29) is 17.3 Å². The van der Waals surface area contributed by atoms with Gasteiger partial charge in [-0.2, -0.15) is 12.7 Å². The summed E-state index contributed by atoms with van der Waals surface area (Å²) < 4.78 is 42.0. The summed E-state index contributed by atoms with van der Waals surface area (Å²) in [6, 6.07) is 14.7. The molecule has 35 heavy (non-hydrogen) atoms. The first-order chi connectivity index (χ1) is 16.6. The molecule has 3 atom stereocenters. The highest BCUT2D eigenvalue weighted by molar-refractivity contribution is 7.84. The summed E-state index contributed by atoms with van der Waals surface area (Å²) in [5, 5.41) is 4.70. The van der Waals surface area contributed by atoms with E-state index in [1.807, 2.05) is 0 Å². The monoisotopic (exact) mass is 505 g/mol. The Kier molecular flexibility index (Phi) is 8.04. The normalized spacial score (nSPS) is 18.1. The Labute approximate surface area is 201 Å². The second-order valence-corrected chi connectivity index (χ2v) is 8.84. The van der Waals surface area contributed by atoms with Crippen molar-refractivity contribution in [1.29, 1.82) is 0 Å². The van der Waals surface area contributed by atoms with Gasteiger partial charge in [0.15, 0.2) is 6.04 Å². The number of alkyl carbamates (subject to hydrolysis) is 1. The lowest BCUT2D eigenvalue weighted by Gasteiger charge is -2.42. The van der Waals surface area contributed by atoms with Crippen molar-refractivity contribution in [2.45, 2.75) is 38.3 Å². The van der Waals surface area contributed by atoms with Crippen molar-refractivity contribution < 1.29 is 41.6 Å². The Morgan fingerprint density at radius 2 is 1.60 bits per heavy atom. The number of nitrogens with one attached hydrogen (secondary N) is 2. The molecule has 3 N–H and O–H groups in total. The number of carbonyl (C=O) groups is 4. The second-order valence-electron chi connectivity index (χ2n) is 7.55. The summed E-state index contributed by atoms with van der Waals surface area (Å²) in [6.07, 6.45) is -2.67. The number of hydrogen-bond acceptors (Lipinski definition) is 8. The number of rotatable bonds is 9. The molecule has 1 saturated heterocycles. The predicted molar refractivity (Wildman–Crippen MR) is 120 cm³/mol. The van der Waals surface area contributed by atoms with Gasteiger partial charge in [-0.25, -0.2) is 4.79 Å². The summed E-state index contributed by atoms with van der Waals surface area (Å²) in [5.41, 5.74) is 1.40. The standard InChI is InChI=1S/C22H23N3O9S/c1-14(26)34-21-18(20(28)25(21)35(30,31)32)24-19(27)17(12-15-8-4-2-5-9-15)23-22(29)33-13-16-10-6-3-7-11-16/h2-11,17-18,21H,12-13H2,1H3,(H,23,29)(H,24,27)(H,30,31,32)/t17-,18+,21-/m0/s1. The van der Waals surface area contributed by atoms with Crippen LogP contribution >= 0.6 is 0 Å². The zero-order valence-electron chi connectivity index (χ0n) is 18.5. The molecule has 1 fully saturated rings. The van der Waals surface area contributed by atoms with Crippen LogP contribution in [0.3, 0.4) is 0 Å². The number of hydrogen-bond donors (Lipinski definition) is 3. The van der Waals surface area contributed by atoms with Gasteiger partial charge in [-0.3, -0.25) is 18.9 Å². The van der Waals surface area contributed by atoms with E-state index in [0.29, 0.717) is 5.56 Å². The van der Waals surface area contributed by atoms with Crippen LogP contribution in [0.15, 0.2) is 60.7 Å². The van der Waals surface area contributed by atoms with Crippen LogP contribution in [-0.4, -0.2) is 59.5 Å². The Balaban J connectivity index is 1.72. The molecule has 0 bridgehead atoms. The van der Waals surface area contributed by atoms with Crippen molar-refractivity contribution in [2.75, 3.05) is 0 Å². The molecule has 3 amide bonds. The van der Waals surface area contributed by atoms with E-state index in [1.54, 1.807) is 60.7 Å². The minimum absolute atomic E-state index is 0.00820. The molecular weight excluding hydrogens is 482 g/mol. The molecule has 1 aliphatic heterocycles. The van der Waals surface area contributed by atoms with Gasteiger partial charge in [0.05, 0.1) is 0 Å². The fourth-order valence-corrected chi connectivity index (χ4v) is 4.09. The lowest BCUT2D eigenvalue weighted by molar-refractivity contribution is -0.179. The molecule has 0 aromatic heterocycles. The highest BCUT2D eigenvalue weighted by Crippen LogP contribution is 2.25. The van der Waals surface area contributed by atoms with Crippen LogP contribution < -0.4 is 10.6 Å². The number of nitrogens with zero attached hydrogens (tertiary/aromatic N) is 1. The topological polar surface area (TPSA) is 168 Å². The van der Waals surface area contributed by atoms with E-state index in [2.05, 4.69) is 10.6 Å². The van der Waals surface area contributed by atoms with Crippen LogP contribution in [0.5, 0.6) is 0 Å². The van der Waals surface area contributed by atoms with E-state index in [0.717, 1.165) is 12.5 Å². The number of amides is 3. The molecule has 13 heteroatoms. The fraction of sp³-hybridized carbons (Fsp3) is 0.273. The van der Waals surface area contributed by atoms with E-state index in [9.17, 15) is 32.1 Å². The first-order valence-electron chi connectivity index (χ1n) is 10.4. The summed E-state index contributed by atoms with van der Waals surface area (Å²) >= 11 is 0. The van der Waals surface area contributed by atoms with E-state index >= 15 is 0 Å². The van der Waals surface area contributed by atoms with Crippen LogP contribution in [-0.2, 0) is 47.2 Å². The third kappa shape index (κ3) is 6.77. The van der Waals surface area contributed by atoms with Gasteiger partial charge < -0.3 is 20.1 Å². The van der Waals surface area contributed by atoms with Gasteiger partial charge in [0.25, 0.3) is 5.91 Å². The number of benzene rings is 2. The van der Waals surface area contributed by atoms with Gasteiger partial charge in [0.1, 0.15) is 12.6 Å². The molecule has 0 radical (unpaired) electrons. The van der Waals surface area contributed by atoms with Gasteiger partial charge >= 0.3 is 22.4 Å². The highest BCUT2D eigenvalue weighted by atomic mass is 32.2. The molecule has 0 aliphatic carbocycles. The maximum Gasteiger partial charge on any atom is 0.408 e. The number of ether oxygens (including phenoxy) is 2. The molecule has 2 aromatic rings. The largest absolute Gasteiger partial charge is 0.445 e. The molecule has 2 aromatic carbocycles. The van der Waals surface area contributed by atoms with Crippen LogP contribution in [0, 0.1) is 0 Å². The minimum atomic E-state index is -5.03. The van der Waals surface area contributed by atoms with Crippen LogP contribution in [0.2, 0.25) is 0 Å². The van der Waals surface area contributed by atoms with E-state index in [4.69, 9.17) is 9.47 Å². The van der Waals surface area contributed by atoms with Gasteiger partial charge in [-0.15, -0.1) is 0 Å². The molecule has 186 valence electrons. The molecule has 0 unspecified atom stereocenters. The molecular formula is C22H23N3O9S. The van der Waals surface area contributed by atoms with Crippen molar-refractivity contribution in [2.24, 2.45) is 0 Å². The lowest BCUT2D eigenvalue weighted by atomic mass is 10.0. The van der Waals surface area contributed by atoms with Gasteiger partial charge in [0, 0.05) is 13.3 Å². The average molecular weight is 506 g/mol. The summed E-state index contributed by atoms with van der Waals surface area (Å²) in [5.74, 6) is -3.02. The van der Waals surface area contributed by atoms with Gasteiger partial charge in [-0.05, 0) is 11.1 Å². The Bertz CT molecular complexity index is 1190. The number of β-lactam (4-membered cyclic amide) rings is 1. The maximum absolute atomic E-state index is 13.0. The third-order valence-electron chi connectivity index (χ3n) is 4.94. The molecule has 3 rings (SSSR count). The quantitative estimate of drug-likeness (QED) is 0.250. The Morgan fingerprint density at radius 1 is 1.03 bits per heavy atom. The lowest BCUT2D eigenvalue weighted by Crippen LogP contribution is -2.74. The van der Waals surface area contributed by atoms with Crippen LogP contribution in [0.4, 0.5) is 4.79 Å². The van der Waals surface area contributed by atoms with Crippen molar-refractivity contribution in [3.63, 3.8) is 0 Å². The zero-order valence-corrected chi connectivity index (χ0v) is 19.3. The Morgan fingerprint density at radius 3 is 2.14 bits per heavy atom. The van der Waals surface area contributed by atoms with Crippen molar-refractivity contribution in [3.05, 3.63) is 71.8 Å². The smallest absolute Gasteiger partial charge is 0.408 e. The van der Waals surface area contributed by atoms with Crippen molar-refractivity contribution >= 4 is 34.2 Å². The van der Waals surface area contributed by atoms with Crippen molar-refractivity contribution in [3.8, 4) is 0 Å². The molecule has 0 spiro atoms. The fourth-order valence-electron chi connectivity index (χ4n) is 3.32. The summed E-state index contributed by atoms with van der Waals surface area (Å²) in [4.78, 5) is 49.0. The van der Waals surface area contributed by atoms with Gasteiger partial charge in [0.2, 0.25) is 12.1 Å². The summed E-state index contributed by atoms with van der Waals surface area (Å²) in [7, 11) is -5.03. The maximum atomic E-state index is 13.0. The van der Waals surface area contributed by atoms with E-state index in [1.165, 1.54) is 0 Å². The molecule has 1 aliphatic rings. The van der Waals surface area contributed by atoms with Crippen LogP contribution in [0.25, 0.3) is 0 Å². The SMILES string of the molecule is CC(=O)O[C@H]1[C@H](NC(=O)[C@H](Cc2ccccc2)NC(=O)OCc2ccccc2)C(=O)N1S(=O)(=O)O. The number of esters is 1. The van der Waals surface area contributed by atoms with E-state index < -0.39 is 52.5 Å². The van der Waals surface area contributed by atoms with Gasteiger partial charge in [-0.1, -0.05) is 60.7 Å². The molecule has 0 saturated carbocycles. The highest BCUT2D eigenvalue weighted by Gasteiger charge is 2.56. The summed E-state index contributed by atoms with van der Waals surface area (Å²) in [6.45, 7) is 0.914. The average Bonchev–Trinajstić information content (AvgIpc) is 2.80. The predicted octanol–water partition coefficient (Wildman–Crippen LogP) is 0.543. The zero-order chi connectivity index (χ0) is 25.6. The second kappa shape index (κ2) is 11.0. The van der Waals surface area contributed by atoms with Crippen molar-refractivity contribution in [1.82, 2.24) is 14.9 Å². The first-order valence-corrected chi connectivity index (χ1v) is 11.8. The molecule has 1 heterocycles. The van der Waals surface area contributed by atoms with Crippen LogP contribution in [0.1, 0.15) is 18.1 Å².